The molecule has 1 aliphatic rings. The van der Waals surface area contributed by atoms with Crippen molar-refractivity contribution in [2.75, 3.05) is 6.61 Å². The molecular formula is C14H18N2O3. The average molecular weight is 262 g/mol. The van der Waals surface area contributed by atoms with Crippen molar-refractivity contribution in [2.24, 2.45) is 4.99 Å². The molecule has 5 nitrogen and oxygen atoms in total. The zero-order valence-corrected chi connectivity index (χ0v) is 11.3. The minimum absolute atomic E-state index is 0.319. The molecular weight excluding hydrogens is 244 g/mol. The third-order valence-electron chi connectivity index (χ3n) is 2.61. The summed E-state index contributed by atoms with van der Waals surface area (Å²) in [5, 5.41) is 13.8. The van der Waals surface area contributed by atoms with Crippen molar-refractivity contribution in [3.05, 3.63) is 34.8 Å². The van der Waals surface area contributed by atoms with Gasteiger partial charge in [-0.2, -0.15) is 0 Å². The third kappa shape index (κ3) is 3.12. The van der Waals surface area contributed by atoms with E-state index in [0.717, 1.165) is 10.6 Å². The molecule has 1 heterocycles. The van der Waals surface area contributed by atoms with Crippen molar-refractivity contribution in [3.8, 4) is 0 Å². The number of aliphatic hydroxyl groups excluding tert-OH is 1. The van der Waals surface area contributed by atoms with Crippen LogP contribution < -0.4 is 15.9 Å². The standard InChI is InChI=1S/C14H18N2O3/c1-13(2,3)19-12(18)16-14(9-17)8-10-6-4-5-7-11(10)15-14/h4-8,17H,9H2,1-3H3,(H,16,18). The van der Waals surface area contributed by atoms with Crippen LogP contribution >= 0.6 is 0 Å². The van der Waals surface area contributed by atoms with E-state index in [1.165, 1.54) is 0 Å². The van der Waals surface area contributed by atoms with E-state index in [9.17, 15) is 9.90 Å². The second-order valence-corrected chi connectivity index (χ2v) is 5.52. The molecule has 1 unspecified atom stereocenters. The first kappa shape index (κ1) is 13.5. The largest absolute Gasteiger partial charge is 0.444 e. The van der Waals surface area contributed by atoms with Crippen molar-refractivity contribution < 1.29 is 14.6 Å². The molecule has 0 saturated carbocycles. The Morgan fingerprint density at radius 1 is 1.42 bits per heavy atom. The molecule has 0 saturated heterocycles. The predicted octanol–water partition coefficient (Wildman–Crippen LogP) is 0.314. The topological polar surface area (TPSA) is 70.9 Å². The van der Waals surface area contributed by atoms with Gasteiger partial charge in [-0.1, -0.05) is 18.2 Å². The van der Waals surface area contributed by atoms with Crippen LogP contribution in [-0.4, -0.2) is 29.1 Å². The summed E-state index contributed by atoms with van der Waals surface area (Å²) in [6.07, 6.45) is 1.13. The van der Waals surface area contributed by atoms with Crippen molar-refractivity contribution in [3.63, 3.8) is 0 Å². The summed E-state index contributed by atoms with van der Waals surface area (Å²) < 4.78 is 5.18. The van der Waals surface area contributed by atoms with E-state index >= 15 is 0 Å². The Labute approximate surface area is 111 Å². The molecule has 1 amide bonds. The Morgan fingerprint density at radius 2 is 2.11 bits per heavy atom. The number of carbonyl (C=O) groups excluding carboxylic acids is 1. The highest BCUT2D eigenvalue weighted by Gasteiger charge is 2.32. The molecule has 0 aromatic heterocycles. The number of alkyl carbamates (subject to hydrolysis) is 1. The lowest BCUT2D eigenvalue weighted by molar-refractivity contribution is 0.0455. The summed E-state index contributed by atoms with van der Waals surface area (Å²) in [4.78, 5) is 16.2. The van der Waals surface area contributed by atoms with Crippen LogP contribution in [0.5, 0.6) is 0 Å². The molecule has 1 aliphatic heterocycles. The van der Waals surface area contributed by atoms with Gasteiger partial charge >= 0.3 is 6.09 Å². The molecule has 0 bridgehead atoms. The highest BCUT2D eigenvalue weighted by molar-refractivity contribution is 5.71. The van der Waals surface area contributed by atoms with Gasteiger partial charge in [-0.05, 0) is 32.9 Å². The fourth-order valence-corrected chi connectivity index (χ4v) is 1.88. The van der Waals surface area contributed by atoms with Gasteiger partial charge in [-0.15, -0.1) is 0 Å². The number of amides is 1. The first-order chi connectivity index (χ1) is 8.84. The lowest BCUT2D eigenvalue weighted by Gasteiger charge is -2.26. The van der Waals surface area contributed by atoms with Crippen molar-refractivity contribution in [2.45, 2.75) is 32.0 Å². The Hall–Kier alpha value is -1.88. The van der Waals surface area contributed by atoms with Gasteiger partial charge in [0.25, 0.3) is 0 Å². The quantitative estimate of drug-likeness (QED) is 0.806. The highest BCUT2D eigenvalue weighted by Crippen LogP contribution is 2.13. The zero-order valence-electron chi connectivity index (χ0n) is 11.3. The molecule has 1 atom stereocenters. The molecule has 5 heteroatoms. The van der Waals surface area contributed by atoms with E-state index in [2.05, 4.69) is 10.3 Å². The van der Waals surface area contributed by atoms with E-state index < -0.39 is 17.4 Å². The molecule has 102 valence electrons. The fourth-order valence-electron chi connectivity index (χ4n) is 1.88. The lowest BCUT2D eigenvalue weighted by atomic mass is 10.1. The fraction of sp³-hybridized carbons (Fsp3) is 0.429. The van der Waals surface area contributed by atoms with E-state index in [0.29, 0.717) is 0 Å². The molecule has 19 heavy (non-hydrogen) atoms. The van der Waals surface area contributed by atoms with Crippen LogP contribution in [0.4, 0.5) is 4.79 Å². The SMILES string of the molecule is CC(C)(C)OC(=O)NC1(CO)C=c2ccccc2=N1. The summed E-state index contributed by atoms with van der Waals surface area (Å²) in [5.41, 5.74) is -1.72. The van der Waals surface area contributed by atoms with E-state index in [1.807, 2.05) is 24.3 Å². The van der Waals surface area contributed by atoms with E-state index in [1.54, 1.807) is 26.8 Å². The van der Waals surface area contributed by atoms with Crippen LogP contribution in [0.3, 0.4) is 0 Å². The molecule has 0 spiro atoms. The maximum atomic E-state index is 11.8. The molecule has 1 aromatic rings. The van der Waals surface area contributed by atoms with Crippen molar-refractivity contribution in [1.82, 2.24) is 5.32 Å². The zero-order chi connectivity index (χ0) is 14.1. The van der Waals surface area contributed by atoms with Gasteiger partial charge < -0.3 is 9.84 Å². The minimum atomic E-state index is -1.13. The van der Waals surface area contributed by atoms with Gasteiger partial charge in [0.1, 0.15) is 5.60 Å². The summed E-state index contributed by atoms with van der Waals surface area (Å²) in [5.74, 6) is 0. The Kier molecular flexibility index (Phi) is 3.32. The number of para-hydroxylation sites is 1. The predicted molar refractivity (Wildman–Crippen MR) is 70.9 cm³/mol. The van der Waals surface area contributed by atoms with Gasteiger partial charge in [0, 0.05) is 5.22 Å². The third-order valence-corrected chi connectivity index (χ3v) is 2.61. The molecule has 0 radical (unpaired) electrons. The number of carbonyl (C=O) groups is 1. The number of hydrogen-bond donors (Lipinski definition) is 2. The van der Waals surface area contributed by atoms with Gasteiger partial charge in [0.2, 0.25) is 0 Å². The highest BCUT2D eigenvalue weighted by atomic mass is 16.6. The van der Waals surface area contributed by atoms with Gasteiger partial charge in [-0.3, -0.25) is 10.3 Å². The summed E-state index contributed by atoms with van der Waals surface area (Å²) in [6, 6.07) is 7.45. The molecule has 0 aliphatic carbocycles. The minimum Gasteiger partial charge on any atom is -0.444 e. The number of rotatable bonds is 2. The average Bonchev–Trinajstić information content (AvgIpc) is 2.64. The smallest absolute Gasteiger partial charge is 0.409 e. The van der Waals surface area contributed by atoms with E-state index in [-0.39, 0.29) is 6.61 Å². The normalized spacial score (nSPS) is 21.1. The Bertz CT molecular complexity index is 567. The number of benzene rings is 1. The number of hydrogen-bond acceptors (Lipinski definition) is 4. The first-order valence-electron chi connectivity index (χ1n) is 6.13. The van der Waals surface area contributed by atoms with Crippen molar-refractivity contribution >= 4 is 12.2 Å². The van der Waals surface area contributed by atoms with Crippen LogP contribution in [0, 0.1) is 0 Å². The molecule has 2 N–H and O–H groups in total. The molecule has 1 aromatic carbocycles. The van der Waals surface area contributed by atoms with Crippen molar-refractivity contribution in [1.29, 1.82) is 0 Å². The van der Waals surface area contributed by atoms with Crippen LogP contribution in [0.2, 0.25) is 0 Å². The second kappa shape index (κ2) is 4.66. The van der Waals surface area contributed by atoms with Crippen LogP contribution in [0.25, 0.3) is 6.08 Å². The number of ether oxygens (including phenoxy) is 1. The summed E-state index contributed by atoms with van der Waals surface area (Å²) in [6.45, 7) is 5.02. The Morgan fingerprint density at radius 3 is 2.68 bits per heavy atom. The number of nitrogens with one attached hydrogen (secondary N) is 1. The summed E-state index contributed by atoms with van der Waals surface area (Å²) in [7, 11) is 0. The monoisotopic (exact) mass is 262 g/mol. The van der Waals surface area contributed by atoms with Gasteiger partial charge in [0.05, 0.1) is 12.0 Å². The molecule has 2 rings (SSSR count). The molecule has 0 fully saturated rings. The maximum absolute atomic E-state index is 11.8. The number of aliphatic hydroxyl groups is 1. The Balaban J connectivity index is 2.23. The van der Waals surface area contributed by atoms with Gasteiger partial charge in [-0.25, -0.2) is 4.79 Å². The van der Waals surface area contributed by atoms with Crippen LogP contribution in [0.15, 0.2) is 29.3 Å². The maximum Gasteiger partial charge on any atom is 0.409 e. The summed E-state index contributed by atoms with van der Waals surface area (Å²) >= 11 is 0. The second-order valence-electron chi connectivity index (χ2n) is 5.52. The number of fused-ring (bicyclic) bond motifs is 1. The lowest BCUT2D eigenvalue weighted by Crippen LogP contribution is -2.49. The van der Waals surface area contributed by atoms with Crippen LogP contribution in [0.1, 0.15) is 20.8 Å². The first-order valence-corrected chi connectivity index (χ1v) is 6.13. The van der Waals surface area contributed by atoms with Crippen LogP contribution in [-0.2, 0) is 4.74 Å². The van der Waals surface area contributed by atoms with E-state index in [4.69, 9.17) is 4.74 Å². The van der Waals surface area contributed by atoms with Gasteiger partial charge in [0.15, 0.2) is 5.66 Å². The number of nitrogens with zero attached hydrogens (tertiary/aromatic N) is 1.